The third-order valence-corrected chi connectivity index (χ3v) is 3.21. The largest absolute Gasteiger partial charge is 0.481 e. The summed E-state index contributed by atoms with van der Waals surface area (Å²) in [6.07, 6.45) is 0.381. The summed E-state index contributed by atoms with van der Waals surface area (Å²) in [5.41, 5.74) is 0.593. The van der Waals surface area contributed by atoms with Gasteiger partial charge in [-0.25, -0.2) is 0 Å². The van der Waals surface area contributed by atoms with E-state index in [0.29, 0.717) is 29.4 Å². The lowest BCUT2D eigenvalue weighted by molar-refractivity contribution is -0.137. The number of nitrogens with zero attached hydrogens (tertiary/aromatic N) is 1. The number of para-hydroxylation sites is 1. The predicted molar refractivity (Wildman–Crippen MR) is 78.4 cm³/mol. The second-order valence-electron chi connectivity index (χ2n) is 4.82. The molecule has 0 atom stereocenters. The summed E-state index contributed by atoms with van der Waals surface area (Å²) in [7, 11) is 1.60. The zero-order valence-corrected chi connectivity index (χ0v) is 11.6. The fraction of sp³-hybridized carbons (Fsp3) is 0.267. The number of fused-ring (bicyclic) bond motifs is 1. The lowest BCUT2D eigenvalue weighted by Gasteiger charge is -2.17. The molecule has 0 aliphatic rings. The van der Waals surface area contributed by atoms with Crippen LogP contribution >= 0.6 is 0 Å². The molecule has 0 unspecified atom stereocenters. The van der Waals surface area contributed by atoms with E-state index < -0.39 is 5.97 Å². The van der Waals surface area contributed by atoms with E-state index in [2.05, 4.69) is 4.98 Å². The highest BCUT2D eigenvalue weighted by molar-refractivity contribution is 6.05. The number of hydrogen-bond donors (Lipinski definition) is 2. The normalized spacial score (nSPS) is 10.5. The van der Waals surface area contributed by atoms with E-state index in [1.807, 2.05) is 0 Å². The van der Waals surface area contributed by atoms with E-state index in [0.717, 1.165) is 0 Å². The van der Waals surface area contributed by atoms with Crippen LogP contribution in [0.3, 0.4) is 0 Å². The van der Waals surface area contributed by atoms with Crippen molar-refractivity contribution >= 4 is 22.8 Å². The van der Waals surface area contributed by atoms with Crippen LogP contribution in [0.15, 0.2) is 35.1 Å². The maximum atomic E-state index is 12.4. The number of benzene rings is 1. The highest BCUT2D eigenvalue weighted by atomic mass is 16.4. The summed E-state index contributed by atoms with van der Waals surface area (Å²) in [6, 6.07) is 8.35. The van der Waals surface area contributed by atoms with E-state index in [4.69, 9.17) is 5.11 Å². The minimum Gasteiger partial charge on any atom is -0.481 e. The lowest BCUT2D eigenvalue weighted by atomic mass is 10.1. The van der Waals surface area contributed by atoms with Crippen molar-refractivity contribution in [2.45, 2.75) is 12.8 Å². The Labute approximate surface area is 121 Å². The molecule has 0 radical (unpaired) electrons. The van der Waals surface area contributed by atoms with Crippen molar-refractivity contribution in [3.63, 3.8) is 0 Å². The van der Waals surface area contributed by atoms with Crippen LogP contribution in [0.25, 0.3) is 10.9 Å². The van der Waals surface area contributed by atoms with E-state index >= 15 is 0 Å². The van der Waals surface area contributed by atoms with Crippen molar-refractivity contribution in [2.75, 3.05) is 13.6 Å². The number of carboxylic acid groups (broad SMARTS) is 1. The van der Waals surface area contributed by atoms with E-state index in [9.17, 15) is 14.4 Å². The minimum absolute atomic E-state index is 0.00768. The number of carbonyl (C=O) groups is 2. The number of pyridine rings is 1. The zero-order chi connectivity index (χ0) is 15.4. The van der Waals surface area contributed by atoms with Crippen molar-refractivity contribution in [3.05, 3.63) is 46.2 Å². The Morgan fingerprint density at radius 1 is 1.29 bits per heavy atom. The standard InChI is InChI=1S/C15H16N2O4/c1-17(8-4-7-14(19)20)15(21)11-9-13(18)16-12-6-3-2-5-10(11)12/h2-3,5-6,9H,4,7-8H2,1H3,(H,16,18)(H,19,20). The number of aromatic amines is 1. The molecule has 0 saturated heterocycles. The van der Waals surface area contributed by atoms with Crippen LogP contribution < -0.4 is 5.56 Å². The molecule has 1 aromatic heterocycles. The van der Waals surface area contributed by atoms with Gasteiger partial charge >= 0.3 is 5.97 Å². The highest BCUT2D eigenvalue weighted by Gasteiger charge is 2.15. The fourth-order valence-electron chi connectivity index (χ4n) is 2.16. The molecular weight excluding hydrogens is 272 g/mol. The minimum atomic E-state index is -0.891. The van der Waals surface area contributed by atoms with Gasteiger partial charge in [0.2, 0.25) is 5.56 Å². The summed E-state index contributed by atoms with van der Waals surface area (Å²) in [6.45, 7) is 0.326. The molecule has 2 N–H and O–H groups in total. The first-order chi connectivity index (χ1) is 9.99. The van der Waals surface area contributed by atoms with Crippen molar-refractivity contribution in [1.82, 2.24) is 9.88 Å². The van der Waals surface area contributed by atoms with Crippen molar-refractivity contribution < 1.29 is 14.7 Å². The molecule has 1 heterocycles. The first kappa shape index (κ1) is 14.8. The molecule has 21 heavy (non-hydrogen) atoms. The van der Waals surface area contributed by atoms with Gasteiger partial charge in [0.05, 0.1) is 5.56 Å². The lowest BCUT2D eigenvalue weighted by Crippen LogP contribution is -2.29. The molecule has 110 valence electrons. The van der Waals surface area contributed by atoms with Gasteiger partial charge in [0.15, 0.2) is 0 Å². The van der Waals surface area contributed by atoms with Gasteiger partial charge in [-0.3, -0.25) is 14.4 Å². The third kappa shape index (κ3) is 3.47. The van der Waals surface area contributed by atoms with Gasteiger partial charge in [0.25, 0.3) is 5.91 Å². The van der Waals surface area contributed by atoms with Crippen LogP contribution in [0.1, 0.15) is 23.2 Å². The number of H-pyrrole nitrogens is 1. The van der Waals surface area contributed by atoms with Gasteiger partial charge in [-0.15, -0.1) is 0 Å². The second kappa shape index (κ2) is 6.21. The van der Waals surface area contributed by atoms with Gasteiger partial charge in [-0.1, -0.05) is 18.2 Å². The molecule has 1 amide bonds. The van der Waals surface area contributed by atoms with Crippen LogP contribution in [0.2, 0.25) is 0 Å². The molecule has 6 heteroatoms. The molecule has 0 spiro atoms. The summed E-state index contributed by atoms with van der Waals surface area (Å²) in [5.74, 6) is -1.18. The highest BCUT2D eigenvalue weighted by Crippen LogP contribution is 2.16. The number of aliphatic carboxylic acids is 1. The monoisotopic (exact) mass is 288 g/mol. The van der Waals surface area contributed by atoms with E-state index in [-0.39, 0.29) is 17.9 Å². The number of carboxylic acids is 1. The molecule has 0 bridgehead atoms. The molecular formula is C15H16N2O4. The Kier molecular flexibility index (Phi) is 4.37. The quantitative estimate of drug-likeness (QED) is 0.871. The summed E-state index contributed by atoms with van der Waals surface area (Å²) in [4.78, 5) is 38.6. The first-order valence-electron chi connectivity index (χ1n) is 6.58. The average Bonchev–Trinajstić information content (AvgIpc) is 2.45. The van der Waals surface area contributed by atoms with E-state index in [1.54, 1.807) is 31.3 Å². The van der Waals surface area contributed by atoms with Gasteiger partial charge in [0, 0.05) is 37.0 Å². The number of rotatable bonds is 5. The molecule has 6 nitrogen and oxygen atoms in total. The Balaban J connectivity index is 2.26. The molecule has 1 aromatic carbocycles. The van der Waals surface area contributed by atoms with Gasteiger partial charge < -0.3 is 15.0 Å². The van der Waals surface area contributed by atoms with Crippen LogP contribution in [-0.2, 0) is 4.79 Å². The number of carbonyl (C=O) groups excluding carboxylic acids is 1. The Bertz CT molecular complexity index is 736. The number of amides is 1. The van der Waals surface area contributed by atoms with Crippen LogP contribution in [0.4, 0.5) is 0 Å². The van der Waals surface area contributed by atoms with Crippen LogP contribution in [0, 0.1) is 0 Å². The van der Waals surface area contributed by atoms with Crippen molar-refractivity contribution in [3.8, 4) is 0 Å². The number of hydrogen-bond acceptors (Lipinski definition) is 3. The maximum Gasteiger partial charge on any atom is 0.303 e. The topological polar surface area (TPSA) is 90.5 Å². The molecule has 0 fully saturated rings. The van der Waals surface area contributed by atoms with Crippen LogP contribution in [0.5, 0.6) is 0 Å². The third-order valence-electron chi connectivity index (χ3n) is 3.21. The number of nitrogens with one attached hydrogen (secondary N) is 1. The van der Waals surface area contributed by atoms with Crippen molar-refractivity contribution in [2.24, 2.45) is 0 Å². The predicted octanol–water partition coefficient (Wildman–Crippen LogP) is 1.46. The first-order valence-corrected chi connectivity index (χ1v) is 6.58. The summed E-state index contributed by atoms with van der Waals surface area (Å²) >= 11 is 0. The SMILES string of the molecule is CN(CCCC(=O)O)C(=O)c1cc(=O)[nH]c2ccccc12. The number of aromatic nitrogens is 1. The maximum absolute atomic E-state index is 12.4. The van der Waals surface area contributed by atoms with Crippen molar-refractivity contribution in [1.29, 1.82) is 0 Å². The molecule has 0 aliphatic carbocycles. The fourth-order valence-corrected chi connectivity index (χ4v) is 2.16. The van der Waals surface area contributed by atoms with Gasteiger partial charge in [0.1, 0.15) is 0 Å². The van der Waals surface area contributed by atoms with E-state index in [1.165, 1.54) is 11.0 Å². The zero-order valence-electron chi connectivity index (χ0n) is 11.6. The summed E-state index contributed by atoms with van der Waals surface area (Å²) in [5, 5.41) is 9.28. The van der Waals surface area contributed by atoms with Gasteiger partial charge in [-0.2, -0.15) is 0 Å². The molecule has 2 rings (SSSR count). The second-order valence-corrected chi connectivity index (χ2v) is 4.82. The Morgan fingerprint density at radius 3 is 2.71 bits per heavy atom. The molecule has 2 aromatic rings. The smallest absolute Gasteiger partial charge is 0.303 e. The average molecular weight is 288 g/mol. The summed E-state index contributed by atoms with van der Waals surface area (Å²) < 4.78 is 0. The molecule has 0 saturated carbocycles. The van der Waals surface area contributed by atoms with Gasteiger partial charge in [-0.05, 0) is 12.5 Å². The Morgan fingerprint density at radius 2 is 2.00 bits per heavy atom. The molecule has 0 aliphatic heterocycles. The Hall–Kier alpha value is -2.63. The van der Waals surface area contributed by atoms with Crippen LogP contribution in [-0.4, -0.2) is 40.5 Å².